The highest BCUT2D eigenvalue weighted by molar-refractivity contribution is 5.95. The van der Waals surface area contributed by atoms with Gasteiger partial charge in [0, 0.05) is 37.8 Å². The smallest absolute Gasteiger partial charge is 0.321 e. The molecule has 1 aliphatic heterocycles. The predicted molar refractivity (Wildman–Crippen MR) is 97.9 cm³/mol. The number of carbonyl (C=O) groups is 3. The second kappa shape index (κ2) is 8.31. The van der Waals surface area contributed by atoms with Crippen molar-refractivity contribution in [2.24, 2.45) is 0 Å². The van der Waals surface area contributed by atoms with Crippen LogP contribution in [-0.4, -0.2) is 66.4 Å². The topological polar surface area (TPSA) is 81.8 Å². The van der Waals surface area contributed by atoms with E-state index in [9.17, 15) is 14.4 Å². The molecule has 7 heteroatoms. The number of carbonyl (C=O) groups excluding carboxylic acids is 3. The number of nitrogens with zero attached hydrogens (tertiary/aromatic N) is 2. The number of imide groups is 1. The van der Waals surface area contributed by atoms with Crippen LogP contribution >= 0.6 is 0 Å². The van der Waals surface area contributed by atoms with Crippen LogP contribution in [-0.2, 0) is 11.2 Å². The molecule has 0 unspecified atom stereocenters. The number of hydrogen-bond donors (Lipinski definition) is 2. The Hall–Kier alpha value is -2.41. The zero-order valence-corrected chi connectivity index (χ0v) is 15.2. The van der Waals surface area contributed by atoms with E-state index in [-0.39, 0.29) is 24.4 Å². The van der Waals surface area contributed by atoms with Crippen molar-refractivity contribution >= 4 is 17.8 Å². The van der Waals surface area contributed by atoms with Crippen LogP contribution in [0.4, 0.5) is 4.79 Å². The summed E-state index contributed by atoms with van der Waals surface area (Å²) >= 11 is 0. The summed E-state index contributed by atoms with van der Waals surface area (Å²) in [7, 11) is 0. The standard InChI is InChI=1S/C19H26N4O3/c1-2-14-3-5-15(6-4-14)18(25)23-11-9-22(10-12-23)13-17(24)21-19(26)20-16-7-8-16/h3-6,16H,2,7-13H2,1H3,(H2,20,21,24,26). The molecular weight excluding hydrogens is 332 g/mol. The highest BCUT2D eigenvalue weighted by atomic mass is 16.2. The van der Waals surface area contributed by atoms with E-state index in [1.54, 1.807) is 0 Å². The van der Waals surface area contributed by atoms with Crippen LogP contribution in [0.3, 0.4) is 0 Å². The van der Waals surface area contributed by atoms with Crippen molar-refractivity contribution in [2.75, 3.05) is 32.7 Å². The second-order valence-electron chi connectivity index (χ2n) is 6.91. The third-order valence-corrected chi connectivity index (χ3v) is 4.80. The van der Waals surface area contributed by atoms with Gasteiger partial charge in [0.25, 0.3) is 5.91 Å². The lowest BCUT2D eigenvalue weighted by molar-refractivity contribution is -0.121. The average Bonchev–Trinajstić information content (AvgIpc) is 3.45. The second-order valence-corrected chi connectivity index (χ2v) is 6.91. The fourth-order valence-electron chi connectivity index (χ4n) is 2.99. The minimum atomic E-state index is -0.415. The van der Waals surface area contributed by atoms with Crippen LogP contribution in [0.2, 0.25) is 0 Å². The monoisotopic (exact) mass is 358 g/mol. The van der Waals surface area contributed by atoms with Crippen molar-refractivity contribution in [3.8, 4) is 0 Å². The summed E-state index contributed by atoms with van der Waals surface area (Å²) in [6.07, 6.45) is 2.92. The summed E-state index contributed by atoms with van der Waals surface area (Å²) in [6.45, 7) is 4.66. The Bertz CT molecular complexity index is 662. The Morgan fingerprint density at radius 3 is 2.27 bits per heavy atom. The molecule has 2 N–H and O–H groups in total. The maximum absolute atomic E-state index is 12.6. The number of hydrogen-bond acceptors (Lipinski definition) is 4. The summed E-state index contributed by atoms with van der Waals surface area (Å²) in [5.41, 5.74) is 1.91. The number of rotatable bonds is 5. The van der Waals surface area contributed by atoms with Crippen molar-refractivity contribution in [1.29, 1.82) is 0 Å². The first-order valence-corrected chi connectivity index (χ1v) is 9.26. The maximum Gasteiger partial charge on any atom is 0.321 e. The molecule has 26 heavy (non-hydrogen) atoms. The molecule has 4 amide bonds. The van der Waals surface area contributed by atoms with Crippen molar-refractivity contribution in [3.05, 3.63) is 35.4 Å². The molecule has 7 nitrogen and oxygen atoms in total. The van der Waals surface area contributed by atoms with Gasteiger partial charge in [0.15, 0.2) is 0 Å². The lowest BCUT2D eigenvalue weighted by Gasteiger charge is -2.34. The minimum Gasteiger partial charge on any atom is -0.336 e. The van der Waals surface area contributed by atoms with E-state index in [0.29, 0.717) is 31.7 Å². The number of benzene rings is 1. The van der Waals surface area contributed by atoms with Crippen molar-refractivity contribution < 1.29 is 14.4 Å². The number of nitrogens with one attached hydrogen (secondary N) is 2. The fraction of sp³-hybridized carbons (Fsp3) is 0.526. The quantitative estimate of drug-likeness (QED) is 0.823. The first-order chi connectivity index (χ1) is 12.5. The summed E-state index contributed by atoms with van der Waals surface area (Å²) in [5.74, 6) is -0.279. The van der Waals surface area contributed by atoms with E-state index < -0.39 is 6.03 Å². The number of piperazine rings is 1. The average molecular weight is 358 g/mol. The Kier molecular flexibility index (Phi) is 5.88. The van der Waals surface area contributed by atoms with Gasteiger partial charge in [-0.3, -0.25) is 19.8 Å². The van der Waals surface area contributed by atoms with Crippen molar-refractivity contribution in [3.63, 3.8) is 0 Å². The van der Waals surface area contributed by atoms with Gasteiger partial charge in [0.1, 0.15) is 0 Å². The molecule has 0 radical (unpaired) electrons. The van der Waals surface area contributed by atoms with Crippen LogP contribution in [0.5, 0.6) is 0 Å². The first-order valence-electron chi connectivity index (χ1n) is 9.26. The van der Waals surface area contributed by atoms with Gasteiger partial charge in [0.2, 0.25) is 5.91 Å². The van der Waals surface area contributed by atoms with Crippen LogP contribution in [0.1, 0.15) is 35.7 Å². The van der Waals surface area contributed by atoms with Gasteiger partial charge in [-0.1, -0.05) is 19.1 Å². The summed E-state index contributed by atoms with van der Waals surface area (Å²) < 4.78 is 0. The van der Waals surface area contributed by atoms with Gasteiger partial charge in [-0.15, -0.1) is 0 Å². The lowest BCUT2D eigenvalue weighted by Crippen LogP contribution is -2.52. The highest BCUT2D eigenvalue weighted by Crippen LogP contribution is 2.18. The summed E-state index contributed by atoms with van der Waals surface area (Å²) in [6, 6.07) is 7.53. The van der Waals surface area contributed by atoms with E-state index in [0.717, 1.165) is 19.3 Å². The predicted octanol–water partition coefficient (Wildman–Crippen LogP) is 0.995. The molecule has 1 aromatic rings. The molecule has 140 valence electrons. The molecular formula is C19H26N4O3. The van der Waals surface area contributed by atoms with Crippen LogP contribution in [0, 0.1) is 0 Å². The molecule has 1 saturated carbocycles. The van der Waals surface area contributed by atoms with E-state index in [1.165, 1.54) is 5.56 Å². The molecule has 0 aromatic heterocycles. The fourth-order valence-corrected chi connectivity index (χ4v) is 2.99. The van der Waals surface area contributed by atoms with E-state index in [4.69, 9.17) is 0 Å². The Balaban J connectivity index is 1.42. The van der Waals surface area contributed by atoms with Gasteiger partial charge in [-0.05, 0) is 37.0 Å². The molecule has 2 aliphatic rings. The Morgan fingerprint density at radius 1 is 1.04 bits per heavy atom. The lowest BCUT2D eigenvalue weighted by atomic mass is 10.1. The third kappa shape index (κ3) is 5.05. The van der Waals surface area contributed by atoms with Crippen LogP contribution in [0.25, 0.3) is 0 Å². The third-order valence-electron chi connectivity index (χ3n) is 4.80. The Morgan fingerprint density at radius 2 is 1.69 bits per heavy atom. The number of aryl methyl sites for hydroxylation is 1. The van der Waals surface area contributed by atoms with Crippen LogP contribution < -0.4 is 10.6 Å². The SMILES string of the molecule is CCc1ccc(C(=O)N2CCN(CC(=O)NC(=O)NC3CC3)CC2)cc1. The van der Waals surface area contributed by atoms with E-state index >= 15 is 0 Å². The van der Waals surface area contributed by atoms with Gasteiger partial charge in [-0.25, -0.2) is 4.79 Å². The number of amides is 4. The molecule has 0 bridgehead atoms. The van der Waals surface area contributed by atoms with Gasteiger partial charge < -0.3 is 10.2 Å². The summed E-state index contributed by atoms with van der Waals surface area (Å²) in [5, 5.41) is 5.09. The molecule has 2 fully saturated rings. The zero-order valence-electron chi connectivity index (χ0n) is 15.2. The maximum atomic E-state index is 12.6. The largest absolute Gasteiger partial charge is 0.336 e. The van der Waals surface area contributed by atoms with Gasteiger partial charge in [0.05, 0.1) is 6.54 Å². The number of urea groups is 1. The Labute approximate surface area is 153 Å². The molecule has 0 atom stereocenters. The molecule has 3 rings (SSSR count). The van der Waals surface area contributed by atoms with E-state index in [2.05, 4.69) is 17.6 Å². The van der Waals surface area contributed by atoms with E-state index in [1.807, 2.05) is 34.1 Å². The minimum absolute atomic E-state index is 0.0283. The molecule has 1 saturated heterocycles. The highest BCUT2D eigenvalue weighted by Gasteiger charge is 2.26. The van der Waals surface area contributed by atoms with Crippen LogP contribution in [0.15, 0.2) is 24.3 Å². The molecule has 1 heterocycles. The van der Waals surface area contributed by atoms with Crippen molar-refractivity contribution in [1.82, 2.24) is 20.4 Å². The van der Waals surface area contributed by atoms with Crippen molar-refractivity contribution in [2.45, 2.75) is 32.2 Å². The van der Waals surface area contributed by atoms with Gasteiger partial charge in [-0.2, -0.15) is 0 Å². The zero-order chi connectivity index (χ0) is 18.5. The van der Waals surface area contributed by atoms with Gasteiger partial charge >= 0.3 is 6.03 Å². The molecule has 1 aliphatic carbocycles. The normalized spacial score (nSPS) is 17.7. The summed E-state index contributed by atoms with van der Waals surface area (Å²) in [4.78, 5) is 39.8. The molecule has 1 aromatic carbocycles. The first kappa shape index (κ1) is 18.4. The molecule has 0 spiro atoms.